The second kappa shape index (κ2) is 6.62. The van der Waals surface area contributed by atoms with E-state index in [1.165, 1.54) is 12.5 Å². The van der Waals surface area contributed by atoms with Gasteiger partial charge < -0.3 is 19.8 Å². The van der Waals surface area contributed by atoms with E-state index in [1.807, 2.05) is 12.1 Å². The van der Waals surface area contributed by atoms with Crippen molar-refractivity contribution in [2.45, 2.75) is 45.3 Å². The molecular formula is C18H24N2O3. The third kappa shape index (κ3) is 3.06. The Morgan fingerprint density at radius 2 is 2.22 bits per heavy atom. The first-order valence-electron chi connectivity index (χ1n) is 8.23. The zero-order valence-corrected chi connectivity index (χ0v) is 13.9. The summed E-state index contributed by atoms with van der Waals surface area (Å²) in [4.78, 5) is 15.1. The Kier molecular flexibility index (Phi) is 4.57. The molecule has 0 aliphatic carbocycles. The average molecular weight is 316 g/mol. The molecule has 124 valence electrons. The average Bonchev–Trinajstić information content (AvgIpc) is 2.81. The van der Waals surface area contributed by atoms with E-state index in [0.29, 0.717) is 0 Å². The van der Waals surface area contributed by atoms with Gasteiger partial charge in [0.1, 0.15) is 5.75 Å². The third-order valence-electron chi connectivity index (χ3n) is 4.47. The van der Waals surface area contributed by atoms with Crippen molar-refractivity contribution in [3.8, 4) is 5.75 Å². The number of methoxy groups -OCH3 is 1. The van der Waals surface area contributed by atoms with Crippen LogP contribution in [0.5, 0.6) is 5.75 Å². The summed E-state index contributed by atoms with van der Waals surface area (Å²) in [5, 5.41) is 4.68. The summed E-state index contributed by atoms with van der Waals surface area (Å²) < 4.78 is 11.0. The second-order valence-electron chi connectivity index (χ2n) is 6.06. The number of carbonyl (C=O) groups excluding carboxylic acids is 1. The number of carbonyl (C=O) groups is 1. The largest absolute Gasteiger partial charge is 0.497 e. The number of H-pyrrole nitrogens is 1. The minimum absolute atomic E-state index is 0.139. The van der Waals surface area contributed by atoms with Gasteiger partial charge in [-0.3, -0.25) is 4.79 Å². The molecule has 2 atom stereocenters. The lowest BCUT2D eigenvalue weighted by Gasteiger charge is -2.25. The van der Waals surface area contributed by atoms with Crippen LogP contribution < -0.4 is 10.1 Å². The minimum atomic E-state index is -0.275. The lowest BCUT2D eigenvalue weighted by Crippen LogP contribution is -2.36. The molecule has 5 nitrogen and oxygen atoms in total. The molecule has 0 saturated heterocycles. The van der Waals surface area contributed by atoms with E-state index in [4.69, 9.17) is 9.47 Å². The molecule has 2 heterocycles. The van der Waals surface area contributed by atoms with Crippen molar-refractivity contribution in [1.29, 1.82) is 0 Å². The van der Waals surface area contributed by atoms with Gasteiger partial charge in [-0.15, -0.1) is 0 Å². The van der Waals surface area contributed by atoms with Crippen LogP contribution in [0.15, 0.2) is 18.2 Å². The molecule has 5 heteroatoms. The molecule has 3 rings (SSSR count). The highest BCUT2D eigenvalue weighted by molar-refractivity contribution is 5.86. The highest BCUT2D eigenvalue weighted by Gasteiger charge is 2.32. The lowest BCUT2D eigenvalue weighted by molar-refractivity contribution is -0.148. The predicted octanol–water partition coefficient (Wildman–Crippen LogP) is 3.10. The summed E-state index contributed by atoms with van der Waals surface area (Å²) in [6.07, 6.45) is 2.64. The Morgan fingerprint density at radius 1 is 1.39 bits per heavy atom. The normalized spacial score (nSPS) is 20.8. The molecule has 2 aromatic rings. The van der Waals surface area contributed by atoms with Crippen molar-refractivity contribution in [3.63, 3.8) is 0 Å². The third-order valence-corrected chi connectivity index (χ3v) is 4.47. The molecule has 2 N–H and O–H groups in total. The number of fused-ring (bicyclic) bond motifs is 3. The van der Waals surface area contributed by atoms with E-state index in [-0.39, 0.29) is 18.1 Å². The van der Waals surface area contributed by atoms with Crippen LogP contribution in [0, 0.1) is 0 Å². The number of ether oxygens (including phenoxy) is 2. The molecule has 2 unspecified atom stereocenters. The van der Waals surface area contributed by atoms with E-state index in [9.17, 15) is 4.79 Å². The first-order valence-corrected chi connectivity index (χ1v) is 8.23. The van der Waals surface area contributed by atoms with Gasteiger partial charge in [-0.1, -0.05) is 13.3 Å². The topological polar surface area (TPSA) is 63.4 Å². The van der Waals surface area contributed by atoms with Gasteiger partial charge in [0.2, 0.25) is 0 Å². The standard InChI is InChI=1S/C18H24N2O3/c1-4-5-16-18(23-11(2)21)17-13(8-9-19-16)14-10-12(22-3)6-7-15(14)20-17/h6-7,10,16,18-20H,4-5,8-9H2,1-3H3. The molecule has 0 fully saturated rings. The summed E-state index contributed by atoms with van der Waals surface area (Å²) in [5.74, 6) is 0.590. The van der Waals surface area contributed by atoms with Crippen LogP contribution in [0.25, 0.3) is 10.9 Å². The fraction of sp³-hybridized carbons (Fsp3) is 0.500. The Balaban J connectivity index is 2.10. The first kappa shape index (κ1) is 15.9. The maximum atomic E-state index is 11.6. The van der Waals surface area contributed by atoms with E-state index < -0.39 is 0 Å². The van der Waals surface area contributed by atoms with Gasteiger partial charge in [-0.05, 0) is 43.1 Å². The van der Waals surface area contributed by atoms with Crippen molar-refractivity contribution in [3.05, 3.63) is 29.5 Å². The van der Waals surface area contributed by atoms with Crippen LogP contribution in [0.3, 0.4) is 0 Å². The number of hydrogen-bond donors (Lipinski definition) is 2. The van der Waals surface area contributed by atoms with E-state index in [0.717, 1.165) is 48.2 Å². The van der Waals surface area contributed by atoms with Crippen LogP contribution in [0.2, 0.25) is 0 Å². The summed E-state index contributed by atoms with van der Waals surface area (Å²) >= 11 is 0. The van der Waals surface area contributed by atoms with Crippen LogP contribution in [0.1, 0.15) is 44.1 Å². The molecule has 1 aromatic heterocycles. The number of hydrogen-bond acceptors (Lipinski definition) is 4. The zero-order valence-electron chi connectivity index (χ0n) is 13.9. The Labute approximate surface area is 136 Å². The van der Waals surface area contributed by atoms with Gasteiger partial charge in [0.25, 0.3) is 0 Å². The van der Waals surface area contributed by atoms with Gasteiger partial charge in [0.15, 0.2) is 6.10 Å². The van der Waals surface area contributed by atoms with Crippen LogP contribution >= 0.6 is 0 Å². The van der Waals surface area contributed by atoms with Gasteiger partial charge in [-0.25, -0.2) is 0 Å². The number of aromatic nitrogens is 1. The van der Waals surface area contributed by atoms with Crippen LogP contribution in [-0.2, 0) is 16.0 Å². The molecular weight excluding hydrogens is 292 g/mol. The first-order chi connectivity index (χ1) is 11.1. The molecule has 23 heavy (non-hydrogen) atoms. The quantitative estimate of drug-likeness (QED) is 0.851. The fourth-order valence-corrected chi connectivity index (χ4v) is 3.46. The van der Waals surface area contributed by atoms with Crippen LogP contribution in [0.4, 0.5) is 0 Å². The maximum absolute atomic E-state index is 11.6. The molecule has 0 bridgehead atoms. The lowest BCUT2D eigenvalue weighted by atomic mass is 10.00. The number of aromatic amines is 1. The molecule has 0 saturated carbocycles. The van der Waals surface area contributed by atoms with E-state index in [2.05, 4.69) is 23.3 Å². The van der Waals surface area contributed by atoms with E-state index >= 15 is 0 Å². The number of benzene rings is 1. The van der Waals surface area contributed by atoms with Gasteiger partial charge >= 0.3 is 5.97 Å². The Morgan fingerprint density at radius 3 is 2.91 bits per heavy atom. The van der Waals surface area contributed by atoms with Gasteiger partial charge in [0, 0.05) is 23.9 Å². The molecule has 0 spiro atoms. The number of rotatable bonds is 4. The number of nitrogens with one attached hydrogen (secondary N) is 2. The molecule has 1 aliphatic rings. The molecule has 1 aliphatic heterocycles. The van der Waals surface area contributed by atoms with Crippen molar-refractivity contribution >= 4 is 16.9 Å². The molecule has 1 aromatic carbocycles. The maximum Gasteiger partial charge on any atom is 0.303 e. The van der Waals surface area contributed by atoms with Crippen molar-refractivity contribution < 1.29 is 14.3 Å². The smallest absolute Gasteiger partial charge is 0.303 e. The van der Waals surface area contributed by atoms with Crippen molar-refractivity contribution in [2.75, 3.05) is 13.7 Å². The zero-order chi connectivity index (χ0) is 16.4. The van der Waals surface area contributed by atoms with E-state index in [1.54, 1.807) is 7.11 Å². The summed E-state index contributed by atoms with van der Waals surface area (Å²) in [6.45, 7) is 4.49. The number of esters is 1. The predicted molar refractivity (Wildman–Crippen MR) is 89.8 cm³/mol. The Hall–Kier alpha value is -2.01. The highest BCUT2D eigenvalue weighted by Crippen LogP contribution is 2.35. The fourth-order valence-electron chi connectivity index (χ4n) is 3.46. The van der Waals surface area contributed by atoms with Gasteiger partial charge in [-0.2, -0.15) is 0 Å². The second-order valence-corrected chi connectivity index (χ2v) is 6.06. The highest BCUT2D eigenvalue weighted by atomic mass is 16.5. The Bertz CT molecular complexity index is 708. The molecule has 0 amide bonds. The van der Waals surface area contributed by atoms with Crippen molar-refractivity contribution in [2.24, 2.45) is 0 Å². The summed E-state index contributed by atoms with van der Waals surface area (Å²) in [5.41, 5.74) is 3.30. The SMILES string of the molecule is CCCC1NCCc2c([nH]c3ccc(OC)cc23)C1OC(C)=O. The molecule has 0 radical (unpaired) electrons. The summed E-state index contributed by atoms with van der Waals surface area (Å²) in [6, 6.07) is 6.16. The monoisotopic (exact) mass is 316 g/mol. The van der Waals surface area contributed by atoms with Crippen molar-refractivity contribution in [1.82, 2.24) is 10.3 Å². The van der Waals surface area contributed by atoms with Gasteiger partial charge in [0.05, 0.1) is 12.8 Å². The summed E-state index contributed by atoms with van der Waals surface area (Å²) in [7, 11) is 1.67. The minimum Gasteiger partial charge on any atom is -0.497 e. The van der Waals surface area contributed by atoms with Crippen LogP contribution in [-0.4, -0.2) is 30.6 Å².